The van der Waals surface area contributed by atoms with Crippen LogP contribution in [-0.4, -0.2) is 42.0 Å². The number of alkyl halides is 3. The van der Waals surface area contributed by atoms with Gasteiger partial charge in [0.1, 0.15) is 17.3 Å². The summed E-state index contributed by atoms with van der Waals surface area (Å²) < 4.78 is 43.9. The van der Waals surface area contributed by atoms with Gasteiger partial charge in [-0.25, -0.2) is 9.97 Å². The minimum atomic E-state index is -4.85. The van der Waals surface area contributed by atoms with Crippen LogP contribution in [0.3, 0.4) is 0 Å². The van der Waals surface area contributed by atoms with E-state index in [1.54, 1.807) is 43.3 Å². The number of carbonyl (C=O) groups excluding carboxylic acids is 1. The number of ether oxygens (including phenoxy) is 1. The minimum Gasteiger partial charge on any atom is -0.508 e. The number of phenolic OH excluding ortho intramolecular Hbond substituents is 1. The average molecular weight is 593 g/mol. The Labute approximate surface area is 242 Å². The molecule has 1 atom stereocenters. The molecule has 1 unspecified atom stereocenters. The average Bonchev–Trinajstić information content (AvgIpc) is 2.96. The van der Waals surface area contributed by atoms with Crippen LogP contribution >= 0.6 is 0 Å². The van der Waals surface area contributed by atoms with Gasteiger partial charge in [-0.3, -0.25) is 19.4 Å². The van der Waals surface area contributed by atoms with Crippen molar-refractivity contribution in [3.8, 4) is 17.2 Å². The molecule has 0 saturated heterocycles. The molecule has 2 aromatic carbocycles. The normalized spacial score (nSPS) is 12.2. The summed E-state index contributed by atoms with van der Waals surface area (Å²) in [7, 11) is 0. The van der Waals surface area contributed by atoms with Crippen molar-refractivity contribution in [2.24, 2.45) is 0 Å². The summed E-state index contributed by atoms with van der Waals surface area (Å²) in [6.45, 7) is 1.67. The number of fused-ring (bicyclic) bond motifs is 1. The molecule has 0 fully saturated rings. The number of benzene rings is 2. The van der Waals surface area contributed by atoms with Gasteiger partial charge in [-0.1, -0.05) is 12.1 Å². The summed E-state index contributed by atoms with van der Waals surface area (Å²) in [5.74, 6) is -0.682. The Kier molecular flexibility index (Phi) is 7.97. The van der Waals surface area contributed by atoms with Crippen LogP contribution in [0.1, 0.15) is 29.9 Å². The van der Waals surface area contributed by atoms with E-state index >= 15 is 0 Å². The maximum absolute atomic E-state index is 13.9. The summed E-state index contributed by atoms with van der Waals surface area (Å²) in [5, 5.41) is 20.0. The fourth-order valence-electron chi connectivity index (χ4n) is 4.63. The molecule has 5 rings (SSSR count). The van der Waals surface area contributed by atoms with E-state index in [0.29, 0.717) is 16.8 Å². The number of phenols is 1. The van der Waals surface area contributed by atoms with Crippen molar-refractivity contribution in [2.45, 2.75) is 32.3 Å². The lowest BCUT2D eigenvalue weighted by molar-refractivity contribution is -0.905. The van der Waals surface area contributed by atoms with Gasteiger partial charge in [0.15, 0.2) is 5.65 Å². The largest absolute Gasteiger partial charge is 0.573 e. The van der Waals surface area contributed by atoms with Gasteiger partial charge in [-0.2, -0.15) is 0 Å². The van der Waals surface area contributed by atoms with E-state index in [-0.39, 0.29) is 35.6 Å². The number of hydrogen-bond donors (Lipinski definition) is 2. The van der Waals surface area contributed by atoms with E-state index in [1.807, 2.05) is 0 Å². The van der Waals surface area contributed by atoms with Crippen molar-refractivity contribution in [1.82, 2.24) is 19.4 Å². The Hall–Kier alpha value is -5.46. The molecule has 0 bridgehead atoms. The molecule has 3 aromatic heterocycles. The molecule has 3 heterocycles. The number of rotatable bonds is 8. The van der Waals surface area contributed by atoms with Crippen molar-refractivity contribution in [1.29, 1.82) is 0 Å². The zero-order valence-electron chi connectivity index (χ0n) is 22.6. The minimum absolute atomic E-state index is 0.00773. The summed E-state index contributed by atoms with van der Waals surface area (Å²) in [6.07, 6.45) is -0.732. The number of nitrogens with zero attached hydrogens (tertiary/aromatic N) is 5. The second-order valence-corrected chi connectivity index (χ2v) is 9.66. The zero-order valence-corrected chi connectivity index (χ0v) is 22.6. The summed E-state index contributed by atoms with van der Waals surface area (Å²) in [5.41, 5.74) is 1.10. The van der Waals surface area contributed by atoms with Crippen LogP contribution in [0.4, 0.5) is 13.2 Å². The highest BCUT2D eigenvalue weighted by molar-refractivity contribution is 5.79. The molecule has 0 radical (unpaired) electrons. The standard InChI is InChI=1S/C30H24F3N5O5/c1-19(28-35-27-25(5-2-14-34-27)29(41)38(28)22-8-10-23(39)11-9-22)37(18-21-4-3-15-36(42)17-21)26(40)16-20-6-12-24(13-7-20)43-30(31,32)33/h2-15,17,19H,16,18H2,1H3,(H-,39,42)/p+1. The lowest BCUT2D eigenvalue weighted by Crippen LogP contribution is -2.39. The second kappa shape index (κ2) is 11.8. The third kappa shape index (κ3) is 6.72. The fraction of sp³-hybridized carbons (Fsp3) is 0.167. The van der Waals surface area contributed by atoms with Gasteiger partial charge in [-0.05, 0) is 67.1 Å². The summed E-state index contributed by atoms with van der Waals surface area (Å²) in [6, 6.07) is 16.5. The number of aromatic nitrogens is 4. The highest BCUT2D eigenvalue weighted by atomic mass is 19.4. The van der Waals surface area contributed by atoms with Crippen molar-refractivity contribution >= 4 is 16.9 Å². The lowest BCUT2D eigenvalue weighted by atomic mass is 10.1. The van der Waals surface area contributed by atoms with E-state index in [0.717, 1.165) is 16.9 Å². The zero-order chi connectivity index (χ0) is 30.7. The maximum atomic E-state index is 13.9. The SMILES string of the molecule is CC(c1nc2ncccc2c(=O)n1-c1ccc(O)cc1)N(Cc1ccc[n+](O)c1)C(=O)Cc1ccc(OC(F)(F)F)cc1. The van der Waals surface area contributed by atoms with E-state index < -0.39 is 29.6 Å². The number of amides is 1. The van der Waals surface area contributed by atoms with Gasteiger partial charge in [0, 0.05) is 22.6 Å². The van der Waals surface area contributed by atoms with Gasteiger partial charge in [0.25, 0.3) is 5.56 Å². The predicted octanol–water partition coefficient (Wildman–Crippen LogP) is 4.24. The maximum Gasteiger partial charge on any atom is 0.573 e. The Morgan fingerprint density at radius 2 is 1.77 bits per heavy atom. The van der Waals surface area contributed by atoms with Crippen LogP contribution in [0.2, 0.25) is 0 Å². The smallest absolute Gasteiger partial charge is 0.508 e. The highest BCUT2D eigenvalue weighted by Gasteiger charge is 2.31. The first kappa shape index (κ1) is 29.0. The topological polar surface area (TPSA) is 122 Å². The number of carbonyl (C=O) groups is 1. The molecule has 0 spiro atoms. The van der Waals surface area contributed by atoms with Gasteiger partial charge >= 0.3 is 6.36 Å². The van der Waals surface area contributed by atoms with E-state index in [1.165, 1.54) is 52.3 Å². The third-order valence-electron chi connectivity index (χ3n) is 6.65. The Morgan fingerprint density at radius 3 is 2.44 bits per heavy atom. The molecular weight excluding hydrogens is 567 g/mol. The molecule has 0 aliphatic carbocycles. The first-order chi connectivity index (χ1) is 20.5. The van der Waals surface area contributed by atoms with Gasteiger partial charge < -0.3 is 14.7 Å². The number of halogens is 3. The molecule has 2 N–H and O–H groups in total. The van der Waals surface area contributed by atoms with Crippen LogP contribution < -0.4 is 15.0 Å². The molecule has 5 aromatic rings. The van der Waals surface area contributed by atoms with Gasteiger partial charge in [-0.15, -0.1) is 13.2 Å². The molecule has 10 nitrogen and oxygen atoms in total. The first-order valence-electron chi connectivity index (χ1n) is 13.0. The molecule has 13 heteroatoms. The molecule has 43 heavy (non-hydrogen) atoms. The summed E-state index contributed by atoms with van der Waals surface area (Å²) in [4.78, 5) is 38.0. The van der Waals surface area contributed by atoms with Crippen LogP contribution in [-0.2, 0) is 17.8 Å². The number of pyridine rings is 2. The molecule has 0 aliphatic rings. The quantitative estimate of drug-likeness (QED) is 0.204. The van der Waals surface area contributed by atoms with E-state index in [2.05, 4.69) is 14.7 Å². The van der Waals surface area contributed by atoms with Crippen molar-refractivity contribution in [2.75, 3.05) is 0 Å². The molecule has 1 amide bonds. The molecular formula is C30H25F3N5O5+. The monoisotopic (exact) mass is 592 g/mol. The lowest BCUT2D eigenvalue weighted by Gasteiger charge is -2.30. The number of hydrogen-bond acceptors (Lipinski definition) is 7. The van der Waals surface area contributed by atoms with Crippen LogP contribution in [0.5, 0.6) is 11.5 Å². The fourth-order valence-corrected chi connectivity index (χ4v) is 4.63. The Balaban J connectivity index is 1.57. The van der Waals surface area contributed by atoms with Crippen molar-refractivity contribution in [3.05, 3.63) is 119 Å². The second-order valence-electron chi connectivity index (χ2n) is 9.66. The first-order valence-corrected chi connectivity index (χ1v) is 13.0. The highest BCUT2D eigenvalue weighted by Crippen LogP contribution is 2.27. The molecule has 0 aliphatic heterocycles. The van der Waals surface area contributed by atoms with Crippen molar-refractivity contribution in [3.63, 3.8) is 0 Å². The van der Waals surface area contributed by atoms with Crippen molar-refractivity contribution < 1.29 is 37.7 Å². The van der Waals surface area contributed by atoms with Crippen LogP contribution in [0.15, 0.2) is 96.2 Å². The molecule has 220 valence electrons. The van der Waals surface area contributed by atoms with Gasteiger partial charge in [0.2, 0.25) is 18.3 Å². The Bertz CT molecular complexity index is 1830. The predicted molar refractivity (Wildman–Crippen MR) is 146 cm³/mol. The van der Waals surface area contributed by atoms with E-state index in [4.69, 9.17) is 0 Å². The third-order valence-corrected chi connectivity index (χ3v) is 6.65. The van der Waals surface area contributed by atoms with Crippen LogP contribution in [0.25, 0.3) is 16.7 Å². The number of aromatic hydroxyl groups is 1. The summed E-state index contributed by atoms with van der Waals surface area (Å²) >= 11 is 0. The van der Waals surface area contributed by atoms with Gasteiger partial charge in [0.05, 0.1) is 30.1 Å². The Morgan fingerprint density at radius 1 is 1.05 bits per heavy atom. The van der Waals surface area contributed by atoms with E-state index in [9.17, 15) is 33.1 Å². The van der Waals surface area contributed by atoms with Crippen LogP contribution in [0, 0.1) is 0 Å². The molecule has 0 saturated carbocycles.